The molecule has 1 N–H and O–H groups in total. The van der Waals surface area contributed by atoms with Gasteiger partial charge in [-0.3, -0.25) is 0 Å². The second-order valence-corrected chi connectivity index (χ2v) is 6.25. The lowest BCUT2D eigenvalue weighted by molar-refractivity contribution is 0.0694. The highest BCUT2D eigenvalue weighted by atomic mass is 16.4. The van der Waals surface area contributed by atoms with Gasteiger partial charge < -0.3 is 5.11 Å². The summed E-state index contributed by atoms with van der Waals surface area (Å²) in [7, 11) is 0. The van der Waals surface area contributed by atoms with E-state index in [1.54, 1.807) is 0 Å². The van der Waals surface area contributed by atoms with E-state index in [2.05, 4.69) is 33.8 Å². The number of unbranched alkanes of at least 4 members (excludes halogenated alkanes) is 3. The van der Waals surface area contributed by atoms with E-state index in [9.17, 15) is 9.90 Å². The molecular weight excluding hydrogens is 236 g/mol. The summed E-state index contributed by atoms with van der Waals surface area (Å²) in [5, 5.41) is 9.36. The summed E-state index contributed by atoms with van der Waals surface area (Å²) in [5.41, 5.74) is 2.38. The average molecular weight is 262 g/mol. The minimum absolute atomic E-state index is 0.130. The third kappa shape index (κ3) is 4.70. The van der Waals surface area contributed by atoms with Crippen LogP contribution in [0, 0.1) is 0 Å². The summed E-state index contributed by atoms with van der Waals surface area (Å²) in [4.78, 5) is 11.4. The number of carboxylic acid groups (broad SMARTS) is 1. The summed E-state index contributed by atoms with van der Waals surface area (Å²) in [6, 6.07) is 5.92. The Hall–Kier alpha value is -1.31. The van der Waals surface area contributed by atoms with Crippen molar-refractivity contribution in [3.05, 3.63) is 34.9 Å². The Morgan fingerprint density at radius 1 is 1.16 bits per heavy atom. The van der Waals surface area contributed by atoms with E-state index >= 15 is 0 Å². The molecule has 0 fully saturated rings. The number of aryl methyl sites for hydroxylation is 1. The fraction of sp³-hybridized carbons (Fsp3) is 0.588. The van der Waals surface area contributed by atoms with Crippen molar-refractivity contribution in [1.29, 1.82) is 0 Å². The zero-order valence-electron chi connectivity index (χ0n) is 12.6. The highest BCUT2D eigenvalue weighted by Gasteiger charge is 2.21. The molecule has 1 rings (SSSR count). The van der Waals surface area contributed by atoms with Gasteiger partial charge in [-0.2, -0.15) is 0 Å². The van der Waals surface area contributed by atoms with Crippen LogP contribution in [0.3, 0.4) is 0 Å². The van der Waals surface area contributed by atoms with Crippen LogP contribution in [-0.2, 0) is 11.8 Å². The van der Waals surface area contributed by atoms with Crippen molar-refractivity contribution < 1.29 is 9.90 Å². The molecule has 0 amide bonds. The summed E-state index contributed by atoms with van der Waals surface area (Å²) < 4.78 is 0. The molecule has 0 heterocycles. The fourth-order valence-corrected chi connectivity index (χ4v) is 2.33. The third-order valence-electron chi connectivity index (χ3n) is 3.44. The van der Waals surface area contributed by atoms with Crippen LogP contribution < -0.4 is 0 Å². The SMILES string of the molecule is CCCCCCc1ccc(C(C)(C)C)c(C(=O)O)c1. The van der Waals surface area contributed by atoms with Crippen LogP contribution in [0.1, 0.15) is 74.9 Å². The van der Waals surface area contributed by atoms with Crippen molar-refractivity contribution in [3.8, 4) is 0 Å². The number of carboxylic acids is 1. The Morgan fingerprint density at radius 3 is 2.37 bits per heavy atom. The molecule has 0 unspecified atom stereocenters. The molecule has 0 aliphatic heterocycles. The van der Waals surface area contributed by atoms with Crippen LogP contribution in [0.5, 0.6) is 0 Å². The Morgan fingerprint density at radius 2 is 1.84 bits per heavy atom. The van der Waals surface area contributed by atoms with Gasteiger partial charge in [-0.05, 0) is 35.4 Å². The summed E-state index contributed by atoms with van der Waals surface area (Å²) in [6.07, 6.45) is 5.82. The zero-order chi connectivity index (χ0) is 14.5. The monoisotopic (exact) mass is 262 g/mol. The van der Waals surface area contributed by atoms with Crippen molar-refractivity contribution in [1.82, 2.24) is 0 Å². The molecule has 1 aromatic rings. The maximum absolute atomic E-state index is 11.4. The predicted molar refractivity (Wildman–Crippen MR) is 79.9 cm³/mol. The third-order valence-corrected chi connectivity index (χ3v) is 3.44. The first-order chi connectivity index (χ1) is 8.86. The molecule has 0 saturated carbocycles. The number of hydrogen-bond donors (Lipinski definition) is 1. The fourth-order valence-electron chi connectivity index (χ4n) is 2.33. The molecule has 0 bridgehead atoms. The lowest BCUT2D eigenvalue weighted by atomic mass is 9.82. The summed E-state index contributed by atoms with van der Waals surface area (Å²) in [6.45, 7) is 8.35. The first kappa shape index (κ1) is 15.7. The van der Waals surface area contributed by atoms with Crippen LogP contribution in [0.15, 0.2) is 18.2 Å². The van der Waals surface area contributed by atoms with Gasteiger partial charge >= 0.3 is 5.97 Å². The minimum atomic E-state index is -0.819. The first-order valence-corrected chi connectivity index (χ1v) is 7.23. The quantitative estimate of drug-likeness (QED) is 0.747. The average Bonchev–Trinajstić information content (AvgIpc) is 2.33. The second-order valence-electron chi connectivity index (χ2n) is 6.25. The van der Waals surface area contributed by atoms with Gasteiger partial charge in [0.2, 0.25) is 0 Å². The van der Waals surface area contributed by atoms with Crippen LogP contribution in [0.4, 0.5) is 0 Å². The van der Waals surface area contributed by atoms with Gasteiger partial charge in [-0.1, -0.05) is 59.1 Å². The molecule has 1 aromatic carbocycles. The van der Waals surface area contributed by atoms with Crippen molar-refractivity contribution in [2.45, 2.75) is 65.2 Å². The topological polar surface area (TPSA) is 37.3 Å². The summed E-state index contributed by atoms with van der Waals surface area (Å²) >= 11 is 0. The van der Waals surface area contributed by atoms with Gasteiger partial charge in [-0.25, -0.2) is 4.79 Å². The Labute approximate surface area is 116 Å². The summed E-state index contributed by atoms with van der Waals surface area (Å²) in [5.74, 6) is -0.819. The van der Waals surface area contributed by atoms with Gasteiger partial charge in [0, 0.05) is 0 Å². The van der Waals surface area contributed by atoms with Crippen molar-refractivity contribution in [2.24, 2.45) is 0 Å². The Kier molecular flexibility index (Phi) is 5.59. The lowest BCUT2D eigenvalue weighted by Gasteiger charge is -2.22. The molecular formula is C17H26O2. The van der Waals surface area contributed by atoms with E-state index in [1.807, 2.05) is 12.1 Å². The van der Waals surface area contributed by atoms with Gasteiger partial charge in [0.1, 0.15) is 0 Å². The van der Waals surface area contributed by atoms with Crippen molar-refractivity contribution in [3.63, 3.8) is 0 Å². The van der Waals surface area contributed by atoms with E-state index in [0.717, 1.165) is 24.0 Å². The van der Waals surface area contributed by atoms with Crippen LogP contribution in [0.2, 0.25) is 0 Å². The molecule has 0 spiro atoms. The minimum Gasteiger partial charge on any atom is -0.478 e. The molecule has 0 aliphatic rings. The van der Waals surface area contributed by atoms with E-state index in [-0.39, 0.29) is 5.41 Å². The van der Waals surface area contributed by atoms with Crippen molar-refractivity contribution in [2.75, 3.05) is 0 Å². The molecule has 2 heteroatoms. The van der Waals surface area contributed by atoms with Gasteiger partial charge in [-0.15, -0.1) is 0 Å². The lowest BCUT2D eigenvalue weighted by Crippen LogP contribution is -2.17. The molecule has 0 aromatic heterocycles. The van der Waals surface area contributed by atoms with E-state index in [4.69, 9.17) is 0 Å². The number of rotatable bonds is 6. The molecule has 0 radical (unpaired) electrons. The maximum Gasteiger partial charge on any atom is 0.335 e. The smallest absolute Gasteiger partial charge is 0.335 e. The predicted octanol–water partition coefficient (Wildman–Crippen LogP) is 4.81. The molecule has 19 heavy (non-hydrogen) atoms. The number of hydrogen-bond acceptors (Lipinski definition) is 1. The van der Waals surface area contributed by atoms with Gasteiger partial charge in [0.25, 0.3) is 0 Å². The number of benzene rings is 1. The number of aromatic carboxylic acids is 1. The van der Waals surface area contributed by atoms with E-state index < -0.39 is 5.97 Å². The maximum atomic E-state index is 11.4. The first-order valence-electron chi connectivity index (χ1n) is 7.23. The van der Waals surface area contributed by atoms with Crippen molar-refractivity contribution >= 4 is 5.97 Å². The number of carbonyl (C=O) groups is 1. The highest BCUT2D eigenvalue weighted by Crippen LogP contribution is 2.27. The van der Waals surface area contributed by atoms with Gasteiger partial charge in [0.15, 0.2) is 0 Å². The molecule has 0 aliphatic carbocycles. The highest BCUT2D eigenvalue weighted by molar-refractivity contribution is 5.90. The van der Waals surface area contributed by atoms with Crippen LogP contribution in [0.25, 0.3) is 0 Å². The van der Waals surface area contributed by atoms with Gasteiger partial charge in [0.05, 0.1) is 5.56 Å². The molecule has 0 saturated heterocycles. The van der Waals surface area contributed by atoms with E-state index in [1.165, 1.54) is 19.3 Å². The van der Waals surface area contributed by atoms with Crippen LogP contribution in [-0.4, -0.2) is 11.1 Å². The molecule has 2 nitrogen and oxygen atoms in total. The molecule has 106 valence electrons. The largest absolute Gasteiger partial charge is 0.478 e. The molecule has 0 atom stereocenters. The normalized spacial score (nSPS) is 11.6. The zero-order valence-corrected chi connectivity index (χ0v) is 12.6. The Balaban J connectivity index is 2.88. The second kappa shape index (κ2) is 6.74. The van der Waals surface area contributed by atoms with Crippen LogP contribution >= 0.6 is 0 Å². The Bertz CT molecular complexity index is 427. The standard InChI is InChI=1S/C17H26O2/c1-5-6-7-8-9-13-10-11-15(17(2,3)4)14(12-13)16(18)19/h10-12H,5-9H2,1-4H3,(H,18,19). The van der Waals surface area contributed by atoms with E-state index in [0.29, 0.717) is 5.56 Å².